The number of hydrogen-bond acceptors (Lipinski definition) is 4. The monoisotopic (exact) mass is 313 g/mol. The van der Waals surface area contributed by atoms with E-state index in [-0.39, 0.29) is 0 Å². The SMILES string of the molecule is CC(O)c1cc(Br)ccc1OCc1cscn1. The Morgan fingerprint density at radius 1 is 1.53 bits per heavy atom. The summed E-state index contributed by atoms with van der Waals surface area (Å²) in [6, 6.07) is 5.60. The summed E-state index contributed by atoms with van der Waals surface area (Å²) in [6.45, 7) is 2.14. The summed E-state index contributed by atoms with van der Waals surface area (Å²) in [5.41, 5.74) is 3.44. The van der Waals surface area contributed by atoms with E-state index in [0.29, 0.717) is 12.4 Å². The van der Waals surface area contributed by atoms with Crippen LogP contribution < -0.4 is 4.74 Å². The van der Waals surface area contributed by atoms with E-state index in [1.807, 2.05) is 23.6 Å². The Labute approximate surface area is 112 Å². The van der Waals surface area contributed by atoms with E-state index in [1.165, 1.54) is 11.3 Å². The molecule has 1 atom stereocenters. The van der Waals surface area contributed by atoms with Crippen LogP contribution in [0.5, 0.6) is 5.75 Å². The molecule has 3 nitrogen and oxygen atoms in total. The Morgan fingerprint density at radius 2 is 2.35 bits per heavy atom. The predicted octanol–water partition coefficient (Wildman–Crippen LogP) is 3.54. The summed E-state index contributed by atoms with van der Waals surface area (Å²) in [5, 5.41) is 11.6. The van der Waals surface area contributed by atoms with Gasteiger partial charge in [0.05, 0.1) is 17.3 Å². The van der Waals surface area contributed by atoms with Crippen LogP contribution in [-0.4, -0.2) is 10.1 Å². The molecule has 0 amide bonds. The number of thiazole rings is 1. The van der Waals surface area contributed by atoms with Crippen LogP contribution in [0.1, 0.15) is 24.3 Å². The van der Waals surface area contributed by atoms with Crippen molar-refractivity contribution in [2.75, 3.05) is 0 Å². The molecule has 1 aromatic carbocycles. The molecule has 1 unspecified atom stereocenters. The Morgan fingerprint density at radius 3 is 3.00 bits per heavy atom. The first-order valence-electron chi connectivity index (χ1n) is 5.14. The Hall–Kier alpha value is -0.910. The third kappa shape index (κ3) is 3.28. The fourth-order valence-corrected chi connectivity index (χ4v) is 2.36. The molecule has 0 aliphatic rings. The molecular formula is C12H12BrNO2S. The van der Waals surface area contributed by atoms with Crippen molar-refractivity contribution in [1.29, 1.82) is 0 Å². The highest BCUT2D eigenvalue weighted by Crippen LogP contribution is 2.29. The van der Waals surface area contributed by atoms with Crippen molar-refractivity contribution in [3.8, 4) is 5.75 Å². The van der Waals surface area contributed by atoms with Crippen molar-refractivity contribution < 1.29 is 9.84 Å². The van der Waals surface area contributed by atoms with Crippen molar-refractivity contribution in [1.82, 2.24) is 4.98 Å². The lowest BCUT2D eigenvalue weighted by molar-refractivity contribution is 0.190. The number of nitrogens with zero attached hydrogens (tertiary/aromatic N) is 1. The summed E-state index contributed by atoms with van der Waals surface area (Å²) in [4.78, 5) is 4.15. The smallest absolute Gasteiger partial charge is 0.131 e. The molecule has 5 heteroatoms. The van der Waals surface area contributed by atoms with Crippen LogP contribution in [0.15, 0.2) is 33.6 Å². The fraction of sp³-hybridized carbons (Fsp3) is 0.250. The molecule has 1 N–H and O–H groups in total. The number of aliphatic hydroxyl groups excluding tert-OH is 1. The average Bonchev–Trinajstić information content (AvgIpc) is 2.80. The molecular weight excluding hydrogens is 302 g/mol. The molecule has 0 aliphatic heterocycles. The van der Waals surface area contributed by atoms with Gasteiger partial charge in [-0.1, -0.05) is 15.9 Å². The quantitative estimate of drug-likeness (QED) is 0.938. The lowest BCUT2D eigenvalue weighted by atomic mass is 10.1. The van der Waals surface area contributed by atoms with Gasteiger partial charge >= 0.3 is 0 Å². The summed E-state index contributed by atoms with van der Waals surface area (Å²) in [6.07, 6.45) is -0.557. The predicted molar refractivity (Wildman–Crippen MR) is 71.2 cm³/mol. The van der Waals surface area contributed by atoms with Gasteiger partial charge in [-0.2, -0.15) is 0 Å². The maximum Gasteiger partial charge on any atom is 0.131 e. The minimum absolute atomic E-state index is 0.421. The van der Waals surface area contributed by atoms with E-state index < -0.39 is 6.10 Å². The van der Waals surface area contributed by atoms with E-state index in [2.05, 4.69) is 20.9 Å². The van der Waals surface area contributed by atoms with Gasteiger partial charge in [0.2, 0.25) is 0 Å². The van der Waals surface area contributed by atoms with E-state index in [0.717, 1.165) is 15.7 Å². The van der Waals surface area contributed by atoms with Crippen molar-refractivity contribution in [3.05, 3.63) is 44.8 Å². The minimum atomic E-state index is -0.557. The lowest BCUT2D eigenvalue weighted by Crippen LogP contribution is -2.01. The molecule has 2 rings (SSSR count). The average molecular weight is 314 g/mol. The van der Waals surface area contributed by atoms with Gasteiger partial charge in [-0.3, -0.25) is 0 Å². The summed E-state index contributed by atoms with van der Waals surface area (Å²) < 4.78 is 6.59. The van der Waals surface area contributed by atoms with Gasteiger partial charge in [0, 0.05) is 15.4 Å². The van der Waals surface area contributed by atoms with Gasteiger partial charge in [0.1, 0.15) is 12.4 Å². The fourth-order valence-electron chi connectivity index (χ4n) is 1.44. The number of rotatable bonds is 4. The molecule has 0 radical (unpaired) electrons. The molecule has 0 fully saturated rings. The molecule has 2 aromatic rings. The number of halogens is 1. The second-order valence-corrected chi connectivity index (χ2v) is 5.26. The number of aromatic nitrogens is 1. The topological polar surface area (TPSA) is 42.4 Å². The largest absolute Gasteiger partial charge is 0.487 e. The molecule has 17 heavy (non-hydrogen) atoms. The van der Waals surface area contributed by atoms with E-state index in [9.17, 15) is 5.11 Å². The molecule has 1 aromatic heterocycles. The number of aliphatic hydroxyl groups is 1. The zero-order valence-electron chi connectivity index (χ0n) is 9.26. The maximum atomic E-state index is 9.67. The van der Waals surface area contributed by atoms with Crippen molar-refractivity contribution in [2.45, 2.75) is 19.6 Å². The van der Waals surface area contributed by atoms with E-state index in [4.69, 9.17) is 4.74 Å². The van der Waals surface area contributed by atoms with Gasteiger partial charge < -0.3 is 9.84 Å². The van der Waals surface area contributed by atoms with Crippen LogP contribution in [0.3, 0.4) is 0 Å². The summed E-state index contributed by atoms with van der Waals surface area (Å²) >= 11 is 4.92. The van der Waals surface area contributed by atoms with Crippen LogP contribution in [0.2, 0.25) is 0 Å². The highest BCUT2D eigenvalue weighted by atomic mass is 79.9. The van der Waals surface area contributed by atoms with Crippen molar-refractivity contribution in [3.63, 3.8) is 0 Å². The molecule has 0 saturated carbocycles. The molecule has 0 saturated heterocycles. The highest BCUT2D eigenvalue weighted by molar-refractivity contribution is 9.10. The van der Waals surface area contributed by atoms with Crippen LogP contribution in [0.25, 0.3) is 0 Å². The standard InChI is InChI=1S/C12H12BrNO2S/c1-8(15)11-4-9(13)2-3-12(11)16-5-10-6-17-7-14-10/h2-4,6-8,15H,5H2,1H3. The molecule has 0 aliphatic carbocycles. The lowest BCUT2D eigenvalue weighted by Gasteiger charge is -2.13. The minimum Gasteiger partial charge on any atom is -0.487 e. The molecule has 0 spiro atoms. The Balaban J connectivity index is 2.14. The van der Waals surface area contributed by atoms with Crippen molar-refractivity contribution in [2.24, 2.45) is 0 Å². The zero-order chi connectivity index (χ0) is 12.3. The van der Waals surface area contributed by atoms with Crippen LogP contribution >= 0.6 is 27.3 Å². The van der Waals surface area contributed by atoms with Crippen LogP contribution in [0.4, 0.5) is 0 Å². The van der Waals surface area contributed by atoms with Gasteiger partial charge in [0.25, 0.3) is 0 Å². The van der Waals surface area contributed by atoms with Crippen LogP contribution in [-0.2, 0) is 6.61 Å². The second kappa shape index (κ2) is 5.62. The van der Waals surface area contributed by atoms with E-state index >= 15 is 0 Å². The first-order chi connectivity index (χ1) is 8.16. The summed E-state index contributed by atoms with van der Waals surface area (Å²) in [7, 11) is 0. The number of hydrogen-bond donors (Lipinski definition) is 1. The molecule has 0 bridgehead atoms. The van der Waals surface area contributed by atoms with Gasteiger partial charge in [-0.25, -0.2) is 4.98 Å². The first-order valence-corrected chi connectivity index (χ1v) is 6.88. The molecule has 1 heterocycles. The van der Waals surface area contributed by atoms with Crippen molar-refractivity contribution >= 4 is 27.3 Å². The number of ether oxygens (including phenoxy) is 1. The number of benzene rings is 1. The normalized spacial score (nSPS) is 12.4. The van der Waals surface area contributed by atoms with Crippen LogP contribution in [0, 0.1) is 0 Å². The summed E-state index contributed by atoms with van der Waals surface area (Å²) in [5.74, 6) is 0.691. The third-order valence-corrected chi connectivity index (χ3v) is 3.41. The third-order valence-electron chi connectivity index (χ3n) is 2.28. The maximum absolute atomic E-state index is 9.67. The van der Waals surface area contributed by atoms with Gasteiger partial charge in [-0.05, 0) is 25.1 Å². The van der Waals surface area contributed by atoms with Gasteiger partial charge in [0.15, 0.2) is 0 Å². The Kier molecular flexibility index (Phi) is 4.15. The Bertz CT molecular complexity index is 485. The van der Waals surface area contributed by atoms with E-state index in [1.54, 1.807) is 12.4 Å². The second-order valence-electron chi connectivity index (χ2n) is 3.63. The zero-order valence-corrected chi connectivity index (χ0v) is 11.7. The highest BCUT2D eigenvalue weighted by Gasteiger charge is 2.10. The molecule has 90 valence electrons. The first kappa shape index (κ1) is 12.5. The van der Waals surface area contributed by atoms with Gasteiger partial charge in [-0.15, -0.1) is 11.3 Å².